The minimum Gasteiger partial charge on any atom is -0.432 e. The monoisotopic (exact) mass is 779 g/mol. The Morgan fingerprint density at radius 1 is 0.764 bits per heavy atom. The van der Waals surface area contributed by atoms with E-state index in [1.54, 1.807) is 0 Å². The Morgan fingerprint density at radius 3 is 2.07 bits per heavy atom. The van der Waals surface area contributed by atoms with Crippen LogP contribution in [-0.2, 0) is 23.7 Å². The van der Waals surface area contributed by atoms with E-state index in [4.69, 9.17) is 24.7 Å². The van der Waals surface area contributed by atoms with Gasteiger partial charge in [-0.15, -0.1) is 0 Å². The van der Waals surface area contributed by atoms with Gasteiger partial charge in [0.25, 0.3) is 0 Å². The lowest BCUT2D eigenvalue weighted by molar-refractivity contribution is -0.313. The second-order valence-corrected chi connectivity index (χ2v) is 20.7. The molecule has 0 aromatic heterocycles. The molecular weight excluding hydrogens is 710 g/mol. The van der Waals surface area contributed by atoms with Crippen molar-refractivity contribution in [1.82, 2.24) is 0 Å². The van der Waals surface area contributed by atoms with Crippen LogP contribution in [0.5, 0.6) is 0 Å². The van der Waals surface area contributed by atoms with E-state index in [9.17, 15) is 40.5 Å². The average Bonchev–Trinajstić information content (AvgIpc) is 3.13. The van der Waals surface area contributed by atoms with Crippen molar-refractivity contribution in [2.75, 3.05) is 13.2 Å². The molecule has 2 saturated heterocycles. The highest BCUT2D eigenvalue weighted by Gasteiger charge is 2.70. The van der Waals surface area contributed by atoms with Crippen LogP contribution in [0.4, 0.5) is 0 Å². The van der Waals surface area contributed by atoms with Gasteiger partial charge in [0, 0.05) is 0 Å². The fourth-order valence-corrected chi connectivity index (χ4v) is 13.6. The maximum atomic E-state index is 14.6. The molecule has 0 amide bonds. The number of hydrogen-bond acceptors (Lipinski definition) is 13. The summed E-state index contributed by atoms with van der Waals surface area (Å²) in [5.74, 6) is 0.160. The Balaban J connectivity index is 1.16. The number of rotatable bonds is 6. The quantitative estimate of drug-likeness (QED) is 0.110. The number of carbonyl (C=O) groups is 1. The molecule has 13 heteroatoms. The molecule has 5 aliphatic carbocycles. The third kappa shape index (κ3) is 6.23. The van der Waals surface area contributed by atoms with Gasteiger partial charge in [-0.3, -0.25) is 4.79 Å². The van der Waals surface area contributed by atoms with Gasteiger partial charge in [0.2, 0.25) is 6.29 Å². The van der Waals surface area contributed by atoms with Crippen molar-refractivity contribution in [3.8, 4) is 0 Å². The van der Waals surface area contributed by atoms with Gasteiger partial charge < -0.3 is 60.4 Å². The molecule has 2 heterocycles. The SMILES string of the molecule is CC1(C)CC[C@]2(C(=O)O[C@@H]3O[C@H](CO)[C@@H](O)[C@H](O)[C@H]3O)CC[C@]3(C)C(=CC[C@@H]4[C@@]5(C)CC[C@H](O[C@@H]6O[C@H](CO)[C@@H](O)[C@H](N)[C@H]6O)C(C)(C)[C@@H]5CC[C@]43C)[C@@H]2C1. The van der Waals surface area contributed by atoms with Crippen molar-refractivity contribution >= 4 is 5.97 Å². The number of carbonyl (C=O) groups excluding carboxylic acids is 1. The minimum atomic E-state index is -1.65. The fourth-order valence-electron chi connectivity index (χ4n) is 13.6. The lowest BCUT2D eigenvalue weighted by atomic mass is 9.33. The van der Waals surface area contributed by atoms with Crippen LogP contribution in [0.15, 0.2) is 11.6 Å². The van der Waals surface area contributed by atoms with E-state index in [1.165, 1.54) is 5.57 Å². The van der Waals surface area contributed by atoms with Gasteiger partial charge in [-0.2, -0.15) is 0 Å². The summed E-state index contributed by atoms with van der Waals surface area (Å²) in [6, 6.07) is -0.995. The second-order valence-electron chi connectivity index (χ2n) is 20.7. The zero-order valence-corrected chi connectivity index (χ0v) is 33.9. The van der Waals surface area contributed by atoms with Crippen LogP contribution >= 0.6 is 0 Å². The highest BCUT2D eigenvalue weighted by Crippen LogP contribution is 2.76. The maximum Gasteiger partial charge on any atom is 0.315 e. The molecule has 7 rings (SSSR count). The van der Waals surface area contributed by atoms with E-state index < -0.39 is 85.9 Å². The first-order valence-corrected chi connectivity index (χ1v) is 20.9. The van der Waals surface area contributed by atoms with Crippen molar-refractivity contribution in [2.45, 2.75) is 180 Å². The molecule has 0 bridgehead atoms. The molecule has 6 fully saturated rings. The molecule has 2 aliphatic heterocycles. The van der Waals surface area contributed by atoms with Gasteiger partial charge in [0.15, 0.2) is 6.29 Å². The molecule has 18 atom stereocenters. The molecule has 9 N–H and O–H groups in total. The molecular formula is C42H69NO12. The molecule has 0 unspecified atom stereocenters. The van der Waals surface area contributed by atoms with Crippen LogP contribution < -0.4 is 5.73 Å². The van der Waals surface area contributed by atoms with Crippen molar-refractivity contribution in [2.24, 2.45) is 56.0 Å². The summed E-state index contributed by atoms with van der Waals surface area (Å²) in [5, 5.41) is 72.5. The van der Waals surface area contributed by atoms with E-state index in [0.717, 1.165) is 51.4 Å². The lowest BCUT2D eigenvalue weighted by Gasteiger charge is -2.71. The molecule has 13 nitrogen and oxygen atoms in total. The van der Waals surface area contributed by atoms with Crippen molar-refractivity contribution in [3.63, 3.8) is 0 Å². The maximum absolute atomic E-state index is 14.6. The summed E-state index contributed by atoms with van der Waals surface area (Å²) in [6.07, 6.45) is -1.36. The second kappa shape index (κ2) is 14.2. The van der Waals surface area contributed by atoms with E-state index in [-0.39, 0.29) is 39.1 Å². The third-order valence-electron chi connectivity index (χ3n) is 17.3. The number of hydrogen-bond donors (Lipinski definition) is 8. The first-order chi connectivity index (χ1) is 25.6. The number of aliphatic hydroxyl groups excluding tert-OH is 7. The van der Waals surface area contributed by atoms with Gasteiger partial charge in [-0.1, -0.05) is 60.1 Å². The Morgan fingerprint density at radius 2 is 1.40 bits per heavy atom. The Hall–Kier alpha value is -1.23. The van der Waals surface area contributed by atoms with Crippen LogP contribution in [-0.4, -0.2) is 122 Å². The number of allylic oxidation sites excluding steroid dienone is 2. The molecule has 314 valence electrons. The summed E-state index contributed by atoms with van der Waals surface area (Å²) in [6.45, 7) is 15.4. The standard InChI is InChI=1S/C42H69NO12/c1-37(2)14-16-42(36(51)55-35-33(50)32(49)30(47)24(20-45)53-35)17-15-40(6)21(22(42)18-37)8-9-26-39(5)12-11-27(38(3,4)25(39)10-13-41(26,40)7)54-34-31(48)28(43)29(46)23(19-44)52-34/h8,22-35,44-50H,9-20,43H2,1-7H3/t22-,23+,24+,25-,26+,27-,28-,29+,30+,31+,32-,33+,34-,35-,39-,40+,41+,42-/m0/s1. The summed E-state index contributed by atoms with van der Waals surface area (Å²) in [5.41, 5.74) is 6.11. The van der Waals surface area contributed by atoms with Crippen LogP contribution in [0.25, 0.3) is 0 Å². The van der Waals surface area contributed by atoms with E-state index >= 15 is 0 Å². The average molecular weight is 780 g/mol. The van der Waals surface area contributed by atoms with Crippen LogP contribution in [0.3, 0.4) is 0 Å². The summed E-state index contributed by atoms with van der Waals surface area (Å²) < 4.78 is 24.1. The van der Waals surface area contributed by atoms with Crippen LogP contribution in [0, 0.1) is 50.2 Å². The van der Waals surface area contributed by atoms with Crippen LogP contribution in [0.2, 0.25) is 0 Å². The van der Waals surface area contributed by atoms with Gasteiger partial charge in [-0.25, -0.2) is 0 Å². The third-order valence-corrected chi connectivity index (χ3v) is 17.3. The van der Waals surface area contributed by atoms with E-state index in [1.807, 2.05) is 0 Å². The van der Waals surface area contributed by atoms with E-state index in [2.05, 4.69) is 54.5 Å². The molecule has 55 heavy (non-hydrogen) atoms. The highest BCUT2D eigenvalue weighted by molar-refractivity contribution is 5.79. The number of aliphatic hydroxyl groups is 7. The predicted octanol–water partition coefficient (Wildman–Crippen LogP) is 2.28. The fraction of sp³-hybridized carbons (Fsp3) is 0.929. The summed E-state index contributed by atoms with van der Waals surface area (Å²) in [7, 11) is 0. The lowest BCUT2D eigenvalue weighted by Crippen LogP contribution is -2.66. The molecule has 0 radical (unpaired) electrons. The molecule has 7 aliphatic rings. The Labute approximate surface area is 325 Å². The number of nitrogens with two attached hydrogens (primary N) is 1. The molecule has 0 aromatic rings. The number of ether oxygens (including phenoxy) is 4. The molecule has 4 saturated carbocycles. The first kappa shape index (κ1) is 41.9. The molecule has 0 spiro atoms. The molecule has 0 aromatic carbocycles. The van der Waals surface area contributed by atoms with Gasteiger partial charge >= 0.3 is 5.97 Å². The largest absolute Gasteiger partial charge is 0.432 e. The van der Waals surface area contributed by atoms with Gasteiger partial charge in [0.1, 0.15) is 42.7 Å². The zero-order valence-electron chi connectivity index (χ0n) is 33.9. The number of esters is 1. The summed E-state index contributed by atoms with van der Waals surface area (Å²) in [4.78, 5) is 14.6. The predicted molar refractivity (Wildman–Crippen MR) is 200 cm³/mol. The van der Waals surface area contributed by atoms with Gasteiger partial charge in [-0.05, 0) is 109 Å². The highest BCUT2D eigenvalue weighted by atomic mass is 16.7. The smallest absolute Gasteiger partial charge is 0.315 e. The normalized spacial score (nSPS) is 53.1. The topological polar surface area (TPSA) is 222 Å². The Bertz CT molecular complexity index is 1490. The summed E-state index contributed by atoms with van der Waals surface area (Å²) >= 11 is 0. The van der Waals surface area contributed by atoms with Crippen molar-refractivity contribution < 1.29 is 59.5 Å². The zero-order chi connectivity index (χ0) is 40.3. The minimum absolute atomic E-state index is 0.00466. The van der Waals surface area contributed by atoms with Crippen molar-refractivity contribution in [3.05, 3.63) is 11.6 Å². The van der Waals surface area contributed by atoms with Crippen molar-refractivity contribution in [1.29, 1.82) is 0 Å². The van der Waals surface area contributed by atoms with Gasteiger partial charge in [0.05, 0.1) is 30.8 Å². The first-order valence-electron chi connectivity index (χ1n) is 20.9. The number of fused-ring (bicyclic) bond motifs is 7. The van der Waals surface area contributed by atoms with E-state index in [0.29, 0.717) is 24.7 Å². The Kier molecular flexibility index (Phi) is 10.8. The van der Waals surface area contributed by atoms with Crippen LogP contribution in [0.1, 0.15) is 113 Å².